The number of carbonyl (C=O) groups excluding carboxylic acids is 1. The summed E-state index contributed by atoms with van der Waals surface area (Å²) in [6.45, 7) is 5.80. The molecule has 4 bridgehead atoms. The molecule has 4 heteroatoms. The van der Waals surface area contributed by atoms with E-state index in [1.807, 2.05) is 12.1 Å². The maximum Gasteiger partial charge on any atom is 0.243 e. The first-order valence-corrected chi connectivity index (χ1v) is 10.0. The highest BCUT2D eigenvalue weighted by Crippen LogP contribution is 2.65. The van der Waals surface area contributed by atoms with E-state index in [0.717, 1.165) is 23.3 Å². The van der Waals surface area contributed by atoms with Gasteiger partial charge in [0.25, 0.3) is 0 Å². The van der Waals surface area contributed by atoms with Crippen molar-refractivity contribution in [3.8, 4) is 0 Å². The molecule has 4 saturated carbocycles. The SMILES string of the molecule is CC(=O)N1N=C(c2ccc(C)cc2)O[C@]1(C)C12CC3CC(CC(C3)C1)C2. The molecule has 4 fully saturated rings. The summed E-state index contributed by atoms with van der Waals surface area (Å²) in [6, 6.07) is 8.22. The lowest BCUT2D eigenvalue weighted by molar-refractivity contribution is -0.216. The molecule has 1 aromatic carbocycles. The van der Waals surface area contributed by atoms with Gasteiger partial charge in [-0.3, -0.25) is 4.79 Å². The molecule has 1 aromatic rings. The fourth-order valence-corrected chi connectivity index (χ4v) is 6.63. The number of hydrazone groups is 1. The predicted molar refractivity (Wildman–Crippen MR) is 100 cm³/mol. The quantitative estimate of drug-likeness (QED) is 0.788. The second-order valence-corrected chi connectivity index (χ2v) is 9.38. The van der Waals surface area contributed by atoms with E-state index < -0.39 is 5.72 Å². The maximum atomic E-state index is 12.5. The molecule has 1 heterocycles. The van der Waals surface area contributed by atoms with Gasteiger partial charge in [-0.2, -0.15) is 5.01 Å². The van der Waals surface area contributed by atoms with Gasteiger partial charge >= 0.3 is 0 Å². The molecule has 0 radical (unpaired) electrons. The predicted octanol–water partition coefficient (Wildman–Crippen LogP) is 4.47. The normalized spacial score (nSPS) is 40.5. The minimum atomic E-state index is -0.658. The van der Waals surface area contributed by atoms with Crippen molar-refractivity contribution in [3.05, 3.63) is 35.4 Å². The molecule has 0 N–H and O–H groups in total. The van der Waals surface area contributed by atoms with Crippen LogP contribution in [0.25, 0.3) is 0 Å². The van der Waals surface area contributed by atoms with E-state index in [4.69, 9.17) is 4.74 Å². The third kappa shape index (κ3) is 2.20. The first-order valence-electron chi connectivity index (χ1n) is 10.0. The monoisotopic (exact) mass is 352 g/mol. The lowest BCUT2D eigenvalue weighted by Crippen LogP contribution is -2.63. The number of hydrogen-bond donors (Lipinski definition) is 0. The first-order chi connectivity index (χ1) is 12.4. The smallest absolute Gasteiger partial charge is 0.243 e. The van der Waals surface area contributed by atoms with Crippen LogP contribution in [-0.4, -0.2) is 22.5 Å². The molecule has 6 rings (SSSR count). The third-order valence-electron chi connectivity index (χ3n) is 7.51. The number of amides is 1. The highest BCUT2D eigenvalue weighted by molar-refractivity contribution is 5.96. The van der Waals surface area contributed by atoms with Gasteiger partial charge in [0.2, 0.25) is 17.5 Å². The zero-order chi connectivity index (χ0) is 18.1. The van der Waals surface area contributed by atoms with Gasteiger partial charge in [0, 0.05) is 17.9 Å². The number of aryl methyl sites for hydroxylation is 1. The molecule has 138 valence electrons. The average molecular weight is 352 g/mol. The third-order valence-corrected chi connectivity index (χ3v) is 7.51. The fraction of sp³-hybridized carbons (Fsp3) is 0.636. The molecule has 5 aliphatic rings. The van der Waals surface area contributed by atoms with Crippen LogP contribution in [0.2, 0.25) is 0 Å². The van der Waals surface area contributed by atoms with E-state index in [1.54, 1.807) is 11.9 Å². The van der Waals surface area contributed by atoms with Crippen molar-refractivity contribution in [1.29, 1.82) is 0 Å². The van der Waals surface area contributed by atoms with E-state index in [9.17, 15) is 4.79 Å². The van der Waals surface area contributed by atoms with Crippen molar-refractivity contribution in [3.63, 3.8) is 0 Å². The van der Waals surface area contributed by atoms with Gasteiger partial charge in [0.1, 0.15) is 0 Å². The van der Waals surface area contributed by atoms with Crippen LogP contribution in [0.3, 0.4) is 0 Å². The zero-order valence-electron chi connectivity index (χ0n) is 16.0. The van der Waals surface area contributed by atoms with Crippen LogP contribution in [-0.2, 0) is 9.53 Å². The number of benzene rings is 1. The van der Waals surface area contributed by atoms with E-state index in [2.05, 4.69) is 31.1 Å². The lowest BCUT2D eigenvalue weighted by Gasteiger charge is -2.61. The van der Waals surface area contributed by atoms with Crippen LogP contribution in [0.1, 0.15) is 63.5 Å². The largest absolute Gasteiger partial charge is 0.447 e. The lowest BCUT2D eigenvalue weighted by atomic mass is 9.47. The second kappa shape index (κ2) is 5.34. The molecule has 0 aromatic heterocycles. The molecule has 1 amide bonds. The maximum absolute atomic E-state index is 12.5. The van der Waals surface area contributed by atoms with Gasteiger partial charge in [-0.05, 0) is 82.3 Å². The number of nitrogens with zero attached hydrogens (tertiary/aromatic N) is 2. The van der Waals surface area contributed by atoms with Gasteiger partial charge in [-0.1, -0.05) is 17.7 Å². The van der Waals surface area contributed by atoms with Gasteiger partial charge in [0.15, 0.2) is 0 Å². The Kier molecular flexibility index (Phi) is 3.35. The van der Waals surface area contributed by atoms with E-state index in [0.29, 0.717) is 5.90 Å². The minimum absolute atomic E-state index is 0.0228. The highest BCUT2D eigenvalue weighted by Gasteiger charge is 2.65. The Labute approximate surface area is 155 Å². The molecule has 0 saturated heterocycles. The van der Waals surface area contributed by atoms with Crippen LogP contribution in [0.4, 0.5) is 0 Å². The Morgan fingerprint density at radius 2 is 1.62 bits per heavy atom. The number of ether oxygens (including phenoxy) is 1. The van der Waals surface area contributed by atoms with Crippen molar-refractivity contribution in [2.75, 3.05) is 0 Å². The Bertz CT molecular complexity index is 747. The van der Waals surface area contributed by atoms with Crippen molar-refractivity contribution in [2.24, 2.45) is 28.3 Å². The first kappa shape index (κ1) is 16.3. The average Bonchev–Trinajstić information content (AvgIpc) is 2.94. The molecule has 26 heavy (non-hydrogen) atoms. The fourth-order valence-electron chi connectivity index (χ4n) is 6.63. The summed E-state index contributed by atoms with van der Waals surface area (Å²) < 4.78 is 6.59. The summed E-state index contributed by atoms with van der Waals surface area (Å²) in [6.07, 6.45) is 7.66. The van der Waals surface area contributed by atoms with Crippen molar-refractivity contribution in [1.82, 2.24) is 5.01 Å². The van der Waals surface area contributed by atoms with Crippen molar-refractivity contribution >= 4 is 11.8 Å². The topological polar surface area (TPSA) is 41.9 Å². The molecule has 0 unspecified atom stereocenters. The Morgan fingerprint density at radius 3 is 2.12 bits per heavy atom. The van der Waals surface area contributed by atoms with Gasteiger partial charge in [0.05, 0.1) is 0 Å². The van der Waals surface area contributed by atoms with Gasteiger partial charge in [-0.25, -0.2) is 0 Å². The van der Waals surface area contributed by atoms with Crippen LogP contribution in [0.5, 0.6) is 0 Å². The number of rotatable bonds is 2. The van der Waals surface area contributed by atoms with Crippen LogP contribution >= 0.6 is 0 Å². The van der Waals surface area contributed by atoms with Gasteiger partial charge < -0.3 is 4.74 Å². The zero-order valence-corrected chi connectivity index (χ0v) is 16.0. The molecular formula is C22H28N2O2. The second-order valence-electron chi connectivity index (χ2n) is 9.38. The van der Waals surface area contributed by atoms with E-state index in [-0.39, 0.29) is 11.3 Å². The molecule has 1 aliphatic heterocycles. The summed E-state index contributed by atoms with van der Waals surface area (Å²) >= 11 is 0. The Morgan fingerprint density at radius 1 is 1.08 bits per heavy atom. The standard InChI is InChI=1S/C22H28N2O2/c1-14-4-6-19(7-5-14)20-23-24(15(2)25)21(3,26-20)22-11-16-8-17(12-22)10-18(9-16)13-22/h4-7,16-18H,8-13H2,1-3H3/t16?,17?,18?,21-,22?/m1/s1. The summed E-state index contributed by atoms with van der Waals surface area (Å²) in [5.41, 5.74) is 1.55. The molecule has 4 aliphatic carbocycles. The van der Waals surface area contributed by atoms with Crippen molar-refractivity contribution < 1.29 is 9.53 Å². The summed E-state index contributed by atoms with van der Waals surface area (Å²) in [5, 5.41) is 6.34. The molecular weight excluding hydrogens is 324 g/mol. The molecule has 1 atom stereocenters. The number of carbonyl (C=O) groups is 1. The van der Waals surface area contributed by atoms with Crippen LogP contribution in [0.15, 0.2) is 29.4 Å². The Balaban J connectivity index is 1.53. The summed E-state index contributed by atoms with van der Waals surface area (Å²) in [5.74, 6) is 2.99. The van der Waals surface area contributed by atoms with Crippen LogP contribution < -0.4 is 0 Å². The van der Waals surface area contributed by atoms with E-state index >= 15 is 0 Å². The van der Waals surface area contributed by atoms with Gasteiger partial charge in [-0.15, -0.1) is 5.10 Å². The summed E-state index contributed by atoms with van der Waals surface area (Å²) in [7, 11) is 0. The highest BCUT2D eigenvalue weighted by atomic mass is 16.6. The Hall–Kier alpha value is -1.84. The summed E-state index contributed by atoms with van der Waals surface area (Å²) in [4.78, 5) is 12.5. The number of hydrogen-bond acceptors (Lipinski definition) is 3. The molecule has 4 nitrogen and oxygen atoms in total. The van der Waals surface area contributed by atoms with E-state index in [1.165, 1.54) is 44.1 Å². The minimum Gasteiger partial charge on any atom is -0.447 e. The van der Waals surface area contributed by atoms with Crippen LogP contribution in [0, 0.1) is 30.1 Å². The molecule has 0 spiro atoms. The van der Waals surface area contributed by atoms with Crippen molar-refractivity contribution in [2.45, 2.75) is 65.0 Å².